The fraction of sp³-hybridized carbons (Fsp3) is 0.438. The number of nitrogens with one attached hydrogen (secondary N) is 1. The number of anilines is 1. The van der Waals surface area contributed by atoms with Crippen molar-refractivity contribution >= 4 is 39.4 Å². The molecule has 1 aliphatic rings. The topological polar surface area (TPSA) is 75.7 Å². The number of ether oxygens (including phenoxy) is 1. The Morgan fingerprint density at radius 1 is 1.43 bits per heavy atom. The number of likely N-dealkylation sites (tertiary alicyclic amines) is 1. The number of amides is 2. The molecule has 0 aliphatic carbocycles. The summed E-state index contributed by atoms with van der Waals surface area (Å²) in [4.78, 5) is 36.8. The van der Waals surface area contributed by atoms with Crippen LogP contribution in [0.25, 0.3) is 0 Å². The summed E-state index contributed by atoms with van der Waals surface area (Å²) in [5.41, 5.74) is 1.67. The number of halogens is 1. The standard InChI is InChI=1S/C16H19BrN2O4/c1-10-5-6-13(12(17)8-10)18-16(22)11(2)23-15(21)9-19-7-3-4-14(19)20/h5-6,8,11H,3-4,7,9H2,1-2H3,(H,18,22)/t11-/m0/s1. The van der Waals surface area contributed by atoms with Gasteiger partial charge in [0.25, 0.3) is 5.91 Å². The quantitative estimate of drug-likeness (QED) is 0.792. The second kappa shape index (κ2) is 7.59. The maximum atomic E-state index is 12.1. The van der Waals surface area contributed by atoms with Gasteiger partial charge in [-0.15, -0.1) is 0 Å². The van der Waals surface area contributed by atoms with Crippen LogP contribution in [0.4, 0.5) is 5.69 Å². The predicted molar refractivity (Wildman–Crippen MR) is 88.9 cm³/mol. The zero-order valence-electron chi connectivity index (χ0n) is 13.1. The summed E-state index contributed by atoms with van der Waals surface area (Å²) in [7, 11) is 0. The second-order valence-corrected chi connectivity index (χ2v) is 6.38. The van der Waals surface area contributed by atoms with Crippen LogP contribution in [0, 0.1) is 6.92 Å². The van der Waals surface area contributed by atoms with Crippen molar-refractivity contribution in [3.63, 3.8) is 0 Å². The molecule has 1 heterocycles. The van der Waals surface area contributed by atoms with Gasteiger partial charge in [0.1, 0.15) is 6.54 Å². The van der Waals surface area contributed by atoms with Gasteiger partial charge in [-0.3, -0.25) is 14.4 Å². The highest BCUT2D eigenvalue weighted by molar-refractivity contribution is 9.10. The predicted octanol–water partition coefficient (Wildman–Crippen LogP) is 2.25. The van der Waals surface area contributed by atoms with Gasteiger partial charge in [-0.2, -0.15) is 0 Å². The number of aryl methyl sites for hydroxylation is 1. The molecule has 7 heteroatoms. The average Bonchev–Trinajstić information content (AvgIpc) is 2.87. The molecule has 1 aliphatic heterocycles. The van der Waals surface area contributed by atoms with Gasteiger partial charge in [0.15, 0.2) is 6.10 Å². The fourth-order valence-electron chi connectivity index (χ4n) is 2.27. The number of hydrogen-bond donors (Lipinski definition) is 1. The van der Waals surface area contributed by atoms with E-state index < -0.39 is 18.0 Å². The van der Waals surface area contributed by atoms with Crippen LogP contribution in [0.3, 0.4) is 0 Å². The third-order valence-electron chi connectivity index (χ3n) is 3.55. The smallest absolute Gasteiger partial charge is 0.326 e. The minimum absolute atomic E-state index is 0.0531. The van der Waals surface area contributed by atoms with E-state index >= 15 is 0 Å². The maximum Gasteiger partial charge on any atom is 0.326 e. The molecule has 0 unspecified atom stereocenters. The number of esters is 1. The molecule has 1 aromatic carbocycles. The number of nitrogens with zero attached hydrogens (tertiary/aromatic N) is 1. The summed E-state index contributed by atoms with van der Waals surface area (Å²) in [6.45, 7) is 3.90. The van der Waals surface area contributed by atoms with Crippen molar-refractivity contribution in [2.75, 3.05) is 18.4 Å². The Labute approximate surface area is 143 Å². The fourth-order valence-corrected chi connectivity index (χ4v) is 2.86. The van der Waals surface area contributed by atoms with Crippen LogP contribution in [-0.2, 0) is 19.1 Å². The van der Waals surface area contributed by atoms with E-state index in [1.807, 2.05) is 19.1 Å². The molecule has 23 heavy (non-hydrogen) atoms. The van der Waals surface area contributed by atoms with E-state index in [0.717, 1.165) is 16.5 Å². The van der Waals surface area contributed by atoms with Crippen molar-refractivity contribution in [1.82, 2.24) is 4.90 Å². The van der Waals surface area contributed by atoms with E-state index in [-0.39, 0.29) is 12.5 Å². The first-order valence-electron chi connectivity index (χ1n) is 7.41. The first-order valence-corrected chi connectivity index (χ1v) is 8.20. The summed E-state index contributed by atoms with van der Waals surface area (Å²) in [6, 6.07) is 5.52. The van der Waals surface area contributed by atoms with Gasteiger partial charge in [-0.05, 0) is 53.9 Å². The van der Waals surface area contributed by atoms with Crippen molar-refractivity contribution in [2.24, 2.45) is 0 Å². The first-order chi connectivity index (χ1) is 10.9. The zero-order valence-corrected chi connectivity index (χ0v) is 14.7. The highest BCUT2D eigenvalue weighted by atomic mass is 79.9. The minimum Gasteiger partial charge on any atom is -0.451 e. The molecule has 6 nitrogen and oxygen atoms in total. The van der Waals surface area contributed by atoms with Crippen LogP contribution in [0.15, 0.2) is 22.7 Å². The molecule has 2 rings (SSSR count). The van der Waals surface area contributed by atoms with E-state index in [9.17, 15) is 14.4 Å². The summed E-state index contributed by atoms with van der Waals surface area (Å²) in [5.74, 6) is -1.05. The van der Waals surface area contributed by atoms with Crippen LogP contribution in [0.1, 0.15) is 25.3 Å². The molecule has 1 atom stereocenters. The van der Waals surface area contributed by atoms with Crippen LogP contribution in [0.2, 0.25) is 0 Å². The molecule has 0 bridgehead atoms. The molecule has 1 fully saturated rings. The Morgan fingerprint density at radius 3 is 2.78 bits per heavy atom. The van der Waals surface area contributed by atoms with E-state index in [1.54, 1.807) is 6.07 Å². The first kappa shape index (κ1) is 17.5. The summed E-state index contributed by atoms with van der Waals surface area (Å²) >= 11 is 3.37. The Hall–Kier alpha value is -1.89. The third kappa shape index (κ3) is 4.79. The Balaban J connectivity index is 1.86. The number of benzene rings is 1. The summed E-state index contributed by atoms with van der Waals surface area (Å²) < 4.78 is 5.85. The zero-order chi connectivity index (χ0) is 17.0. The highest BCUT2D eigenvalue weighted by Gasteiger charge is 2.25. The lowest BCUT2D eigenvalue weighted by Crippen LogP contribution is -2.36. The van der Waals surface area contributed by atoms with Crippen LogP contribution in [0.5, 0.6) is 0 Å². The second-order valence-electron chi connectivity index (χ2n) is 5.52. The molecule has 2 amide bonds. The lowest BCUT2D eigenvalue weighted by atomic mass is 10.2. The molecular formula is C16H19BrN2O4. The minimum atomic E-state index is -0.937. The largest absolute Gasteiger partial charge is 0.451 e. The summed E-state index contributed by atoms with van der Waals surface area (Å²) in [5, 5.41) is 2.70. The third-order valence-corrected chi connectivity index (χ3v) is 4.21. The lowest BCUT2D eigenvalue weighted by Gasteiger charge is -2.18. The van der Waals surface area contributed by atoms with Gasteiger partial charge >= 0.3 is 5.97 Å². The molecule has 124 valence electrons. The Morgan fingerprint density at radius 2 is 2.17 bits per heavy atom. The van der Waals surface area contributed by atoms with Crippen LogP contribution >= 0.6 is 15.9 Å². The molecule has 0 radical (unpaired) electrons. The van der Waals surface area contributed by atoms with Gasteiger partial charge in [-0.1, -0.05) is 6.07 Å². The van der Waals surface area contributed by atoms with Crippen molar-refractivity contribution in [2.45, 2.75) is 32.8 Å². The van der Waals surface area contributed by atoms with E-state index in [0.29, 0.717) is 18.7 Å². The maximum absolute atomic E-state index is 12.1. The van der Waals surface area contributed by atoms with Gasteiger partial charge in [0.05, 0.1) is 5.69 Å². The van der Waals surface area contributed by atoms with Crippen molar-refractivity contribution in [1.29, 1.82) is 0 Å². The molecule has 0 spiro atoms. The van der Waals surface area contributed by atoms with Gasteiger partial charge in [0, 0.05) is 17.4 Å². The van der Waals surface area contributed by atoms with Crippen molar-refractivity contribution < 1.29 is 19.1 Å². The van der Waals surface area contributed by atoms with Gasteiger partial charge < -0.3 is 15.0 Å². The van der Waals surface area contributed by atoms with Crippen molar-refractivity contribution in [3.05, 3.63) is 28.2 Å². The monoisotopic (exact) mass is 382 g/mol. The molecule has 1 aromatic rings. The number of carbonyl (C=O) groups is 3. The van der Waals surface area contributed by atoms with Crippen molar-refractivity contribution in [3.8, 4) is 0 Å². The highest BCUT2D eigenvalue weighted by Crippen LogP contribution is 2.23. The number of hydrogen-bond acceptors (Lipinski definition) is 4. The molecule has 1 N–H and O–H groups in total. The van der Waals surface area contributed by atoms with Gasteiger partial charge in [0.2, 0.25) is 5.91 Å². The number of rotatable bonds is 5. The average molecular weight is 383 g/mol. The molecule has 0 aromatic heterocycles. The summed E-state index contributed by atoms with van der Waals surface area (Å²) in [6.07, 6.45) is 0.280. The molecular weight excluding hydrogens is 364 g/mol. The normalized spacial score (nSPS) is 15.4. The van der Waals surface area contributed by atoms with Crippen LogP contribution in [-0.4, -0.2) is 41.9 Å². The SMILES string of the molecule is Cc1ccc(NC(=O)[C@H](C)OC(=O)CN2CCCC2=O)c(Br)c1. The van der Waals surface area contributed by atoms with E-state index in [4.69, 9.17) is 4.74 Å². The van der Waals surface area contributed by atoms with Crippen LogP contribution < -0.4 is 5.32 Å². The van der Waals surface area contributed by atoms with Gasteiger partial charge in [-0.25, -0.2) is 0 Å². The lowest BCUT2D eigenvalue weighted by molar-refractivity contribution is -0.155. The Bertz CT molecular complexity index is 633. The molecule has 0 saturated carbocycles. The molecule has 1 saturated heterocycles. The van der Waals surface area contributed by atoms with E-state index in [1.165, 1.54) is 11.8 Å². The number of carbonyl (C=O) groups excluding carboxylic acids is 3. The van der Waals surface area contributed by atoms with E-state index in [2.05, 4.69) is 21.2 Å². The Kier molecular flexibility index (Phi) is 5.76.